The van der Waals surface area contributed by atoms with Crippen molar-refractivity contribution in [1.29, 1.82) is 0 Å². The molecule has 0 aliphatic rings. The third-order valence-corrected chi connectivity index (χ3v) is 6.24. The fraction of sp³-hybridized carbons (Fsp3) is 0.217. The van der Waals surface area contributed by atoms with Crippen LogP contribution in [0.25, 0.3) is 0 Å². The van der Waals surface area contributed by atoms with Crippen LogP contribution in [-0.2, 0) is 10.0 Å². The summed E-state index contributed by atoms with van der Waals surface area (Å²) in [5.41, 5.74) is 2.00. The lowest BCUT2D eigenvalue weighted by molar-refractivity contribution is 0.220. The zero-order valence-electron chi connectivity index (χ0n) is 17.7. The van der Waals surface area contributed by atoms with Crippen molar-refractivity contribution < 1.29 is 27.7 Å². The van der Waals surface area contributed by atoms with Gasteiger partial charge in [0.05, 0.1) is 31.9 Å². The van der Waals surface area contributed by atoms with Gasteiger partial charge in [0.2, 0.25) is 0 Å². The Balaban J connectivity index is 2.08. The van der Waals surface area contributed by atoms with Crippen LogP contribution in [0.5, 0.6) is 17.2 Å². The molecular formula is C23H25NO6S. The zero-order valence-corrected chi connectivity index (χ0v) is 18.6. The molecule has 0 aliphatic heterocycles. The molecule has 2 N–H and O–H groups in total. The average molecular weight is 444 g/mol. The van der Waals surface area contributed by atoms with E-state index in [2.05, 4.69) is 4.72 Å². The van der Waals surface area contributed by atoms with E-state index in [0.29, 0.717) is 28.4 Å². The highest BCUT2D eigenvalue weighted by Gasteiger charge is 2.23. The van der Waals surface area contributed by atoms with Gasteiger partial charge in [-0.3, -0.25) is 4.72 Å². The van der Waals surface area contributed by atoms with Crippen LogP contribution in [0.4, 0.5) is 5.69 Å². The minimum atomic E-state index is -3.90. The minimum Gasteiger partial charge on any atom is -0.497 e. The highest BCUT2D eigenvalue weighted by Crippen LogP contribution is 2.39. The standard InChI is InChI=1S/C23H25NO6S/c1-15-5-11-18(12-6-15)31(26,27)24-20-14-22(30-4)21(29-3)13-19(20)23(25)16-7-9-17(28-2)10-8-16/h5-14,23-25H,1-4H3/t23-/m1/s1. The molecule has 8 heteroatoms. The third kappa shape index (κ3) is 4.92. The van der Waals surface area contributed by atoms with Gasteiger partial charge in [-0.15, -0.1) is 0 Å². The van der Waals surface area contributed by atoms with Gasteiger partial charge in [-0.25, -0.2) is 8.42 Å². The maximum absolute atomic E-state index is 13.0. The molecule has 0 fully saturated rings. The quantitative estimate of drug-likeness (QED) is 0.548. The van der Waals surface area contributed by atoms with Crippen LogP contribution in [0.3, 0.4) is 0 Å². The summed E-state index contributed by atoms with van der Waals surface area (Å²) >= 11 is 0. The molecule has 3 aromatic carbocycles. The Labute approximate surface area is 182 Å². The van der Waals surface area contributed by atoms with Crippen LogP contribution in [-0.4, -0.2) is 34.9 Å². The number of aliphatic hydroxyl groups is 1. The van der Waals surface area contributed by atoms with E-state index in [-0.39, 0.29) is 10.6 Å². The van der Waals surface area contributed by atoms with Gasteiger partial charge >= 0.3 is 0 Å². The maximum atomic E-state index is 13.0. The first-order chi connectivity index (χ1) is 14.8. The van der Waals surface area contributed by atoms with Gasteiger partial charge in [0, 0.05) is 11.6 Å². The summed E-state index contributed by atoms with van der Waals surface area (Å²) in [6.45, 7) is 1.88. The molecule has 0 bridgehead atoms. The van der Waals surface area contributed by atoms with Crippen LogP contribution < -0.4 is 18.9 Å². The molecule has 3 rings (SSSR count). The Morgan fingerprint density at radius 3 is 1.97 bits per heavy atom. The fourth-order valence-corrected chi connectivity index (χ4v) is 4.17. The molecule has 0 unspecified atom stereocenters. The molecule has 0 heterocycles. The van der Waals surface area contributed by atoms with Crippen LogP contribution in [0.2, 0.25) is 0 Å². The summed E-state index contributed by atoms with van der Waals surface area (Å²) < 4.78 is 44.4. The number of sulfonamides is 1. The second-order valence-corrected chi connectivity index (χ2v) is 8.57. The molecule has 164 valence electrons. The molecule has 0 aliphatic carbocycles. The Bertz CT molecular complexity index is 1140. The van der Waals surface area contributed by atoms with Gasteiger partial charge in [-0.2, -0.15) is 0 Å². The van der Waals surface area contributed by atoms with Gasteiger partial charge in [-0.05, 0) is 42.8 Å². The van der Waals surface area contributed by atoms with Crippen molar-refractivity contribution >= 4 is 15.7 Å². The number of nitrogens with one attached hydrogen (secondary N) is 1. The van der Waals surface area contributed by atoms with Crippen molar-refractivity contribution in [2.45, 2.75) is 17.9 Å². The Morgan fingerprint density at radius 2 is 1.42 bits per heavy atom. The van der Waals surface area contributed by atoms with Crippen LogP contribution in [0, 0.1) is 6.92 Å². The summed E-state index contributed by atoms with van der Waals surface area (Å²) in [5.74, 6) is 1.33. The van der Waals surface area contributed by atoms with Crippen molar-refractivity contribution in [3.8, 4) is 17.2 Å². The lowest BCUT2D eigenvalue weighted by Gasteiger charge is -2.20. The number of ether oxygens (including phenoxy) is 3. The first-order valence-electron chi connectivity index (χ1n) is 9.46. The number of benzene rings is 3. The van der Waals surface area contributed by atoms with E-state index >= 15 is 0 Å². The zero-order chi connectivity index (χ0) is 22.6. The second-order valence-electron chi connectivity index (χ2n) is 6.89. The van der Waals surface area contributed by atoms with E-state index in [1.54, 1.807) is 49.6 Å². The SMILES string of the molecule is COc1ccc([C@@H](O)c2cc(OC)c(OC)cc2NS(=O)(=O)c2ccc(C)cc2)cc1. The summed E-state index contributed by atoms with van der Waals surface area (Å²) in [6, 6.07) is 16.4. The summed E-state index contributed by atoms with van der Waals surface area (Å²) in [5, 5.41) is 11.1. The van der Waals surface area contributed by atoms with Crippen LogP contribution >= 0.6 is 0 Å². The predicted octanol–water partition coefficient (Wildman–Crippen LogP) is 3.90. The number of anilines is 1. The lowest BCUT2D eigenvalue weighted by Crippen LogP contribution is -2.16. The molecule has 0 saturated heterocycles. The number of methoxy groups -OCH3 is 3. The van der Waals surface area contributed by atoms with E-state index in [1.807, 2.05) is 6.92 Å². The molecular weight excluding hydrogens is 418 g/mol. The van der Waals surface area contributed by atoms with E-state index in [0.717, 1.165) is 5.56 Å². The molecule has 0 spiro atoms. The second kappa shape index (κ2) is 9.28. The predicted molar refractivity (Wildman–Crippen MR) is 119 cm³/mol. The molecule has 3 aromatic rings. The smallest absolute Gasteiger partial charge is 0.261 e. The largest absolute Gasteiger partial charge is 0.497 e. The number of rotatable bonds is 8. The molecule has 0 aromatic heterocycles. The highest BCUT2D eigenvalue weighted by atomic mass is 32.2. The first kappa shape index (κ1) is 22.5. The third-order valence-electron chi connectivity index (χ3n) is 4.86. The lowest BCUT2D eigenvalue weighted by atomic mass is 9.99. The van der Waals surface area contributed by atoms with E-state index in [4.69, 9.17) is 14.2 Å². The van der Waals surface area contributed by atoms with Gasteiger partial charge in [0.15, 0.2) is 11.5 Å². The molecule has 0 saturated carbocycles. The minimum absolute atomic E-state index is 0.109. The highest BCUT2D eigenvalue weighted by molar-refractivity contribution is 7.92. The molecule has 7 nitrogen and oxygen atoms in total. The van der Waals surface area contributed by atoms with E-state index < -0.39 is 16.1 Å². The Kier molecular flexibility index (Phi) is 6.72. The number of hydrogen-bond donors (Lipinski definition) is 2. The van der Waals surface area contributed by atoms with Gasteiger partial charge in [0.1, 0.15) is 11.9 Å². The van der Waals surface area contributed by atoms with Crippen LogP contribution in [0.1, 0.15) is 22.8 Å². The fourth-order valence-electron chi connectivity index (χ4n) is 3.10. The Hall–Kier alpha value is -3.23. The van der Waals surface area contributed by atoms with Crippen molar-refractivity contribution in [2.75, 3.05) is 26.1 Å². The molecule has 0 radical (unpaired) electrons. The van der Waals surface area contributed by atoms with Crippen molar-refractivity contribution in [2.24, 2.45) is 0 Å². The van der Waals surface area contributed by atoms with Crippen molar-refractivity contribution in [1.82, 2.24) is 0 Å². The normalized spacial score (nSPS) is 12.2. The molecule has 0 amide bonds. The van der Waals surface area contributed by atoms with Crippen LogP contribution in [0.15, 0.2) is 65.6 Å². The molecule has 31 heavy (non-hydrogen) atoms. The van der Waals surface area contributed by atoms with E-state index in [1.165, 1.54) is 32.4 Å². The number of hydrogen-bond acceptors (Lipinski definition) is 6. The number of aryl methyl sites for hydroxylation is 1. The van der Waals surface area contributed by atoms with E-state index in [9.17, 15) is 13.5 Å². The Morgan fingerprint density at radius 1 is 0.839 bits per heavy atom. The molecule has 1 atom stereocenters. The summed E-state index contributed by atoms with van der Waals surface area (Å²) in [4.78, 5) is 0.109. The topological polar surface area (TPSA) is 94.1 Å². The van der Waals surface area contributed by atoms with Gasteiger partial charge in [-0.1, -0.05) is 29.8 Å². The average Bonchev–Trinajstić information content (AvgIpc) is 2.78. The number of aliphatic hydroxyl groups excluding tert-OH is 1. The first-order valence-corrected chi connectivity index (χ1v) is 10.9. The maximum Gasteiger partial charge on any atom is 0.261 e. The van der Waals surface area contributed by atoms with Crippen molar-refractivity contribution in [3.05, 3.63) is 77.4 Å². The van der Waals surface area contributed by atoms with Gasteiger partial charge in [0.25, 0.3) is 10.0 Å². The van der Waals surface area contributed by atoms with Crippen molar-refractivity contribution in [3.63, 3.8) is 0 Å². The monoisotopic (exact) mass is 443 g/mol. The summed E-state index contributed by atoms with van der Waals surface area (Å²) in [6.07, 6.45) is -1.12. The van der Waals surface area contributed by atoms with Gasteiger partial charge < -0.3 is 19.3 Å². The summed E-state index contributed by atoms with van der Waals surface area (Å²) in [7, 11) is 0.576.